The Kier molecular flexibility index (Phi) is 4.20. The van der Waals surface area contributed by atoms with E-state index in [-0.39, 0.29) is 11.0 Å². The minimum atomic E-state index is -0.120. The molecule has 0 amide bonds. The molecule has 29 heavy (non-hydrogen) atoms. The van der Waals surface area contributed by atoms with Gasteiger partial charge in [-0.1, -0.05) is 11.2 Å². The van der Waals surface area contributed by atoms with Crippen LogP contribution in [-0.4, -0.2) is 22.7 Å². The molecule has 4 fully saturated rings. The van der Waals surface area contributed by atoms with E-state index in [1.807, 2.05) is 13.0 Å². The first-order chi connectivity index (χ1) is 13.8. The van der Waals surface area contributed by atoms with Crippen LogP contribution < -0.4 is 5.32 Å². The minimum absolute atomic E-state index is 0.0976. The van der Waals surface area contributed by atoms with Crippen molar-refractivity contribution in [3.63, 3.8) is 0 Å². The van der Waals surface area contributed by atoms with E-state index in [0.717, 1.165) is 65.8 Å². The second-order valence-electron chi connectivity index (χ2n) is 10.9. The first-order valence-electron chi connectivity index (χ1n) is 11.1. The maximum absolute atomic E-state index is 13.7. The molecule has 0 radical (unpaired) electrons. The highest BCUT2D eigenvalue weighted by molar-refractivity contribution is 6.01. The van der Waals surface area contributed by atoms with Crippen LogP contribution in [0.4, 0.5) is 0 Å². The van der Waals surface area contributed by atoms with Gasteiger partial charge in [0.1, 0.15) is 0 Å². The normalized spacial score (nSPS) is 35.7. The van der Waals surface area contributed by atoms with E-state index >= 15 is 0 Å². The first-order valence-corrected chi connectivity index (χ1v) is 11.1. The number of aryl methyl sites for hydroxylation is 1. The number of allylic oxidation sites excluding steroid dienone is 1. The lowest BCUT2D eigenvalue weighted by Crippen LogP contribution is -2.50. The third-order valence-corrected chi connectivity index (χ3v) is 7.92. The Bertz CT molecular complexity index is 890. The molecule has 5 aliphatic rings. The van der Waals surface area contributed by atoms with Gasteiger partial charge in [-0.25, -0.2) is 0 Å². The molecule has 6 rings (SSSR count). The van der Waals surface area contributed by atoms with Crippen molar-refractivity contribution in [2.24, 2.45) is 28.3 Å². The summed E-state index contributed by atoms with van der Waals surface area (Å²) < 4.78 is 0. The van der Waals surface area contributed by atoms with Crippen LogP contribution in [0.25, 0.3) is 5.70 Å². The van der Waals surface area contributed by atoms with Crippen molar-refractivity contribution in [2.75, 3.05) is 0 Å². The molecule has 0 saturated heterocycles. The fourth-order valence-electron chi connectivity index (χ4n) is 7.15. The average Bonchev–Trinajstić information content (AvgIpc) is 2.61. The minimum Gasteiger partial charge on any atom is -0.411 e. The van der Waals surface area contributed by atoms with E-state index in [4.69, 9.17) is 5.21 Å². The number of nitrogens with zero attached hydrogens (tertiary/aromatic N) is 1. The van der Waals surface area contributed by atoms with Gasteiger partial charge in [0.2, 0.25) is 0 Å². The van der Waals surface area contributed by atoms with Crippen LogP contribution in [0.5, 0.6) is 0 Å². The van der Waals surface area contributed by atoms with Crippen molar-refractivity contribution in [1.82, 2.24) is 5.32 Å². The van der Waals surface area contributed by atoms with Crippen molar-refractivity contribution in [3.05, 3.63) is 40.5 Å². The van der Waals surface area contributed by atoms with Gasteiger partial charge in [-0.05, 0) is 106 Å². The number of carbonyl (C=O) groups is 1. The number of ketones is 1. The Balaban J connectivity index is 1.54. The Labute approximate surface area is 173 Å². The van der Waals surface area contributed by atoms with Gasteiger partial charge in [-0.15, -0.1) is 0 Å². The van der Waals surface area contributed by atoms with Gasteiger partial charge in [0.25, 0.3) is 0 Å². The molecule has 4 nitrogen and oxygen atoms in total. The van der Waals surface area contributed by atoms with Gasteiger partial charge in [-0.2, -0.15) is 0 Å². The largest absolute Gasteiger partial charge is 0.411 e. The van der Waals surface area contributed by atoms with E-state index in [9.17, 15) is 4.79 Å². The SMILES string of the molecule is Cc1cc2c(cc1/C=N/O)/C(=C/C(=O)C13CC4CC(CC(C4)C1)C3)NC(C)(C)C2. The lowest BCUT2D eigenvalue weighted by molar-refractivity contribution is -0.138. The fourth-order valence-corrected chi connectivity index (χ4v) is 7.15. The van der Waals surface area contributed by atoms with Crippen LogP contribution in [-0.2, 0) is 11.2 Å². The van der Waals surface area contributed by atoms with Crippen molar-refractivity contribution >= 4 is 17.7 Å². The quantitative estimate of drug-likeness (QED) is 0.334. The first kappa shape index (κ1) is 18.9. The summed E-state index contributed by atoms with van der Waals surface area (Å²) in [4.78, 5) is 13.7. The molecule has 4 aliphatic carbocycles. The maximum atomic E-state index is 13.7. The van der Waals surface area contributed by atoms with Gasteiger partial charge >= 0.3 is 0 Å². The molecule has 1 aliphatic heterocycles. The summed E-state index contributed by atoms with van der Waals surface area (Å²) in [7, 11) is 0. The molecular formula is C25H32N2O2. The summed E-state index contributed by atoms with van der Waals surface area (Å²) >= 11 is 0. The van der Waals surface area contributed by atoms with Crippen molar-refractivity contribution in [3.8, 4) is 0 Å². The summed E-state index contributed by atoms with van der Waals surface area (Å²) in [6, 6.07) is 4.24. The van der Waals surface area contributed by atoms with Crippen molar-refractivity contribution in [2.45, 2.75) is 71.3 Å². The molecule has 0 unspecified atom stereocenters. The molecular weight excluding hydrogens is 360 g/mol. The van der Waals surface area contributed by atoms with E-state index in [0.29, 0.717) is 5.78 Å². The van der Waals surface area contributed by atoms with Crippen LogP contribution in [0.15, 0.2) is 23.4 Å². The topological polar surface area (TPSA) is 61.7 Å². The van der Waals surface area contributed by atoms with Gasteiger partial charge in [0, 0.05) is 28.3 Å². The van der Waals surface area contributed by atoms with Crippen molar-refractivity contribution < 1.29 is 10.0 Å². The van der Waals surface area contributed by atoms with Crippen LogP contribution in [0.2, 0.25) is 0 Å². The number of hydrogen-bond donors (Lipinski definition) is 2. The third kappa shape index (κ3) is 3.21. The predicted octanol–water partition coefficient (Wildman–Crippen LogP) is 4.85. The molecule has 1 aromatic carbocycles. The molecule has 4 saturated carbocycles. The van der Waals surface area contributed by atoms with E-state index in [1.165, 1.54) is 31.0 Å². The van der Waals surface area contributed by atoms with Gasteiger partial charge < -0.3 is 10.5 Å². The third-order valence-electron chi connectivity index (χ3n) is 7.92. The zero-order chi connectivity index (χ0) is 20.4. The highest BCUT2D eigenvalue weighted by Gasteiger charge is 2.54. The Morgan fingerprint density at radius 1 is 1.14 bits per heavy atom. The second-order valence-corrected chi connectivity index (χ2v) is 10.9. The summed E-state index contributed by atoms with van der Waals surface area (Å²) in [5.74, 6) is 2.63. The number of carbonyl (C=O) groups excluding carboxylic acids is 1. The Morgan fingerprint density at radius 3 is 2.34 bits per heavy atom. The van der Waals surface area contributed by atoms with E-state index in [1.54, 1.807) is 0 Å². The number of rotatable bonds is 3. The number of nitrogens with one attached hydrogen (secondary N) is 1. The maximum Gasteiger partial charge on any atom is 0.163 e. The smallest absolute Gasteiger partial charge is 0.163 e. The Hall–Kier alpha value is -2.10. The van der Waals surface area contributed by atoms with Gasteiger partial charge in [0.15, 0.2) is 5.78 Å². The average molecular weight is 393 g/mol. The Morgan fingerprint density at radius 2 is 1.76 bits per heavy atom. The number of fused-ring (bicyclic) bond motifs is 1. The number of benzene rings is 1. The standard InChI is InChI=1S/C25H32N2O2/c1-15-4-19-13-24(2,3)27-22(21(19)8-20(15)14-26-29)9-23(28)25-10-16-5-17(11-25)7-18(6-16)12-25/h4,8-9,14,16-18,27,29H,5-7,10-13H2,1-3H3/b22-9-,26-14+. The molecule has 2 N–H and O–H groups in total. The monoisotopic (exact) mass is 392 g/mol. The zero-order valence-corrected chi connectivity index (χ0v) is 17.8. The molecule has 0 spiro atoms. The van der Waals surface area contributed by atoms with Gasteiger partial charge in [0.05, 0.1) is 6.21 Å². The van der Waals surface area contributed by atoms with E-state index in [2.05, 4.69) is 36.5 Å². The van der Waals surface area contributed by atoms with Crippen LogP contribution >= 0.6 is 0 Å². The zero-order valence-electron chi connectivity index (χ0n) is 17.8. The van der Waals surface area contributed by atoms with Gasteiger partial charge in [-0.3, -0.25) is 4.79 Å². The predicted molar refractivity (Wildman–Crippen MR) is 115 cm³/mol. The number of hydrogen-bond acceptors (Lipinski definition) is 4. The second kappa shape index (κ2) is 6.45. The summed E-state index contributed by atoms with van der Waals surface area (Å²) in [5, 5.41) is 15.9. The number of oxime groups is 1. The lowest BCUT2D eigenvalue weighted by Gasteiger charge is -2.55. The highest BCUT2D eigenvalue weighted by Crippen LogP contribution is 2.60. The molecule has 0 atom stereocenters. The van der Waals surface area contributed by atoms with Crippen molar-refractivity contribution in [1.29, 1.82) is 0 Å². The summed E-state index contributed by atoms with van der Waals surface area (Å²) in [6.07, 6.45) is 11.6. The summed E-state index contributed by atoms with van der Waals surface area (Å²) in [5.41, 5.74) is 5.02. The molecule has 154 valence electrons. The van der Waals surface area contributed by atoms with Crippen LogP contribution in [0.3, 0.4) is 0 Å². The lowest BCUT2D eigenvalue weighted by atomic mass is 9.48. The summed E-state index contributed by atoms with van der Waals surface area (Å²) in [6.45, 7) is 6.42. The molecule has 1 heterocycles. The molecule has 1 aromatic rings. The van der Waals surface area contributed by atoms with Crippen LogP contribution in [0, 0.1) is 30.1 Å². The highest BCUT2D eigenvalue weighted by atomic mass is 16.4. The van der Waals surface area contributed by atoms with E-state index < -0.39 is 0 Å². The molecule has 4 heteroatoms. The fraction of sp³-hybridized carbons (Fsp3) is 0.600. The van der Waals surface area contributed by atoms with Crippen LogP contribution in [0.1, 0.15) is 74.6 Å². The molecule has 0 aromatic heterocycles. The molecule has 4 bridgehead atoms.